The lowest BCUT2D eigenvalue weighted by Crippen LogP contribution is -2.20. The highest BCUT2D eigenvalue weighted by Crippen LogP contribution is 2.22. The van der Waals surface area contributed by atoms with Gasteiger partial charge in [-0.25, -0.2) is 9.97 Å². The van der Waals surface area contributed by atoms with Gasteiger partial charge in [-0.05, 0) is 52.3 Å². The van der Waals surface area contributed by atoms with Crippen LogP contribution in [0.15, 0.2) is 48.5 Å². The minimum atomic E-state index is 0.317. The van der Waals surface area contributed by atoms with Crippen molar-refractivity contribution in [2.45, 2.75) is 19.5 Å². The quantitative estimate of drug-likeness (QED) is 0.556. The third-order valence-electron chi connectivity index (χ3n) is 4.57. The predicted molar refractivity (Wildman–Crippen MR) is 114 cm³/mol. The Morgan fingerprint density at radius 3 is 2.46 bits per heavy atom. The average molecular weight is 380 g/mol. The number of phenols is 1. The van der Waals surface area contributed by atoms with Crippen LogP contribution in [-0.4, -0.2) is 59.1 Å². The van der Waals surface area contributed by atoms with Crippen molar-refractivity contribution >= 4 is 16.7 Å². The molecule has 2 N–H and O–H groups in total. The molecule has 0 aliphatic heterocycles. The van der Waals surface area contributed by atoms with Gasteiger partial charge in [0.1, 0.15) is 17.4 Å². The van der Waals surface area contributed by atoms with Crippen LogP contribution in [0, 0.1) is 0 Å². The number of nitrogens with one attached hydrogen (secondary N) is 1. The van der Waals surface area contributed by atoms with Crippen molar-refractivity contribution in [1.82, 2.24) is 19.8 Å². The van der Waals surface area contributed by atoms with Gasteiger partial charge < -0.3 is 15.3 Å². The van der Waals surface area contributed by atoms with Crippen LogP contribution in [-0.2, 0) is 13.1 Å². The molecule has 28 heavy (non-hydrogen) atoms. The molecule has 0 saturated carbocycles. The topological polar surface area (TPSA) is 64.5 Å². The van der Waals surface area contributed by atoms with Crippen molar-refractivity contribution in [1.29, 1.82) is 0 Å². The number of anilines is 1. The van der Waals surface area contributed by atoms with Crippen molar-refractivity contribution in [2.24, 2.45) is 0 Å². The number of fused-ring (bicyclic) bond motifs is 1. The Balaban J connectivity index is 1.74. The van der Waals surface area contributed by atoms with E-state index in [1.807, 2.05) is 43.4 Å². The lowest BCUT2D eigenvalue weighted by atomic mass is 10.2. The third-order valence-corrected chi connectivity index (χ3v) is 4.57. The van der Waals surface area contributed by atoms with E-state index in [-0.39, 0.29) is 0 Å². The SMILES string of the molecule is CN(C)CCCNc1nc(CN(C)Cc2ccccc2O)nc2ccccc12. The molecule has 0 saturated heterocycles. The van der Waals surface area contributed by atoms with Gasteiger partial charge in [0.2, 0.25) is 0 Å². The summed E-state index contributed by atoms with van der Waals surface area (Å²) >= 11 is 0. The summed E-state index contributed by atoms with van der Waals surface area (Å²) in [7, 11) is 6.17. The van der Waals surface area contributed by atoms with Crippen LogP contribution >= 0.6 is 0 Å². The first kappa shape index (κ1) is 20.0. The van der Waals surface area contributed by atoms with Crippen molar-refractivity contribution in [3.8, 4) is 5.75 Å². The van der Waals surface area contributed by atoms with E-state index in [0.29, 0.717) is 18.8 Å². The summed E-state index contributed by atoms with van der Waals surface area (Å²) in [5.41, 5.74) is 1.84. The van der Waals surface area contributed by atoms with Gasteiger partial charge in [-0.2, -0.15) is 0 Å². The van der Waals surface area contributed by atoms with Gasteiger partial charge in [-0.15, -0.1) is 0 Å². The molecule has 0 spiro atoms. The van der Waals surface area contributed by atoms with Gasteiger partial charge >= 0.3 is 0 Å². The van der Waals surface area contributed by atoms with Crippen LogP contribution in [0.25, 0.3) is 10.9 Å². The van der Waals surface area contributed by atoms with E-state index < -0.39 is 0 Å². The van der Waals surface area contributed by atoms with Crippen LogP contribution in [0.4, 0.5) is 5.82 Å². The van der Waals surface area contributed by atoms with E-state index in [0.717, 1.165) is 47.6 Å². The molecule has 0 fully saturated rings. The molecule has 6 heteroatoms. The Labute approximate surface area is 166 Å². The highest BCUT2D eigenvalue weighted by Gasteiger charge is 2.11. The predicted octanol–water partition coefficient (Wildman–Crippen LogP) is 3.33. The van der Waals surface area contributed by atoms with E-state index in [1.165, 1.54) is 0 Å². The highest BCUT2D eigenvalue weighted by molar-refractivity contribution is 5.88. The molecule has 148 valence electrons. The lowest BCUT2D eigenvalue weighted by Gasteiger charge is -2.18. The van der Waals surface area contributed by atoms with Crippen LogP contribution < -0.4 is 5.32 Å². The Morgan fingerprint density at radius 2 is 1.68 bits per heavy atom. The second-order valence-corrected chi connectivity index (χ2v) is 7.39. The number of aromatic hydroxyl groups is 1. The van der Waals surface area contributed by atoms with E-state index in [2.05, 4.69) is 35.3 Å². The third kappa shape index (κ3) is 5.41. The second-order valence-electron chi connectivity index (χ2n) is 7.39. The summed E-state index contributed by atoms with van der Waals surface area (Å²) in [5, 5.41) is 14.5. The number of nitrogens with zero attached hydrogens (tertiary/aromatic N) is 4. The Morgan fingerprint density at radius 1 is 0.929 bits per heavy atom. The second kappa shape index (κ2) is 9.48. The maximum atomic E-state index is 10.00. The molecule has 3 rings (SSSR count). The number of benzene rings is 2. The number of phenolic OH excluding ortho intramolecular Hbond substituents is 1. The fraction of sp³-hybridized carbons (Fsp3) is 0.364. The molecular weight excluding hydrogens is 350 g/mol. The maximum Gasteiger partial charge on any atom is 0.145 e. The van der Waals surface area contributed by atoms with E-state index in [4.69, 9.17) is 9.97 Å². The van der Waals surface area contributed by atoms with Gasteiger partial charge in [0, 0.05) is 24.0 Å². The Bertz CT molecular complexity index is 912. The number of aromatic nitrogens is 2. The van der Waals surface area contributed by atoms with Crippen LogP contribution in [0.1, 0.15) is 17.8 Å². The first-order chi connectivity index (χ1) is 13.5. The largest absolute Gasteiger partial charge is 0.508 e. The molecule has 0 atom stereocenters. The highest BCUT2D eigenvalue weighted by atomic mass is 16.3. The van der Waals surface area contributed by atoms with Gasteiger partial charge in [0.25, 0.3) is 0 Å². The number of hydrogen-bond donors (Lipinski definition) is 2. The molecule has 0 aliphatic carbocycles. The Kier molecular flexibility index (Phi) is 6.79. The summed E-state index contributed by atoms with van der Waals surface area (Å²) in [5.74, 6) is 1.97. The normalized spacial score (nSPS) is 11.5. The molecular formula is C22H29N5O. The van der Waals surface area contributed by atoms with Gasteiger partial charge in [-0.3, -0.25) is 4.90 Å². The summed E-state index contributed by atoms with van der Waals surface area (Å²) in [6, 6.07) is 15.5. The van der Waals surface area contributed by atoms with Gasteiger partial charge in [-0.1, -0.05) is 30.3 Å². The zero-order valence-corrected chi connectivity index (χ0v) is 16.9. The standard InChI is InChI=1S/C22H29N5O/c1-26(2)14-8-13-23-22-18-10-5-6-11-19(18)24-21(25-22)16-27(3)15-17-9-4-7-12-20(17)28/h4-7,9-12,28H,8,13-16H2,1-3H3,(H,23,24,25). The van der Waals surface area contributed by atoms with Crippen molar-refractivity contribution in [2.75, 3.05) is 39.5 Å². The monoisotopic (exact) mass is 379 g/mol. The first-order valence-electron chi connectivity index (χ1n) is 9.62. The molecule has 0 amide bonds. The van der Waals surface area contributed by atoms with E-state index in [9.17, 15) is 5.11 Å². The van der Waals surface area contributed by atoms with Crippen molar-refractivity contribution in [3.05, 3.63) is 59.9 Å². The molecule has 3 aromatic rings. The van der Waals surface area contributed by atoms with Crippen molar-refractivity contribution < 1.29 is 5.11 Å². The van der Waals surface area contributed by atoms with E-state index in [1.54, 1.807) is 6.07 Å². The van der Waals surface area contributed by atoms with Gasteiger partial charge in [0.15, 0.2) is 0 Å². The number of para-hydroxylation sites is 2. The summed E-state index contributed by atoms with van der Waals surface area (Å²) in [6.45, 7) is 3.14. The zero-order chi connectivity index (χ0) is 19.9. The fourth-order valence-electron chi connectivity index (χ4n) is 3.16. The minimum absolute atomic E-state index is 0.317. The van der Waals surface area contributed by atoms with Crippen LogP contribution in [0.5, 0.6) is 5.75 Å². The van der Waals surface area contributed by atoms with Gasteiger partial charge in [0.05, 0.1) is 12.1 Å². The Hall–Kier alpha value is -2.70. The first-order valence-corrected chi connectivity index (χ1v) is 9.62. The minimum Gasteiger partial charge on any atom is -0.508 e. The molecule has 1 aromatic heterocycles. The average Bonchev–Trinajstić information content (AvgIpc) is 2.66. The maximum absolute atomic E-state index is 10.00. The molecule has 6 nitrogen and oxygen atoms in total. The molecule has 0 radical (unpaired) electrons. The zero-order valence-electron chi connectivity index (χ0n) is 16.9. The molecule has 2 aromatic carbocycles. The smallest absolute Gasteiger partial charge is 0.145 e. The summed E-state index contributed by atoms with van der Waals surface area (Å²) in [4.78, 5) is 13.8. The molecule has 0 unspecified atom stereocenters. The van der Waals surface area contributed by atoms with E-state index >= 15 is 0 Å². The number of hydrogen-bond acceptors (Lipinski definition) is 6. The number of rotatable bonds is 9. The molecule has 1 heterocycles. The summed E-state index contributed by atoms with van der Waals surface area (Å²) in [6.07, 6.45) is 1.05. The lowest BCUT2D eigenvalue weighted by molar-refractivity contribution is 0.305. The van der Waals surface area contributed by atoms with Crippen molar-refractivity contribution in [3.63, 3.8) is 0 Å². The molecule has 0 aliphatic rings. The van der Waals surface area contributed by atoms with Crippen LogP contribution in [0.3, 0.4) is 0 Å². The molecule has 0 bridgehead atoms. The summed E-state index contributed by atoms with van der Waals surface area (Å²) < 4.78 is 0. The fourth-order valence-corrected chi connectivity index (χ4v) is 3.16. The van der Waals surface area contributed by atoms with Crippen LogP contribution in [0.2, 0.25) is 0 Å².